The molecule has 1 aromatic carbocycles. The van der Waals surface area contributed by atoms with E-state index in [4.69, 9.17) is 15.1 Å². The summed E-state index contributed by atoms with van der Waals surface area (Å²) >= 11 is 0. The maximum absolute atomic E-state index is 9.15. The minimum absolute atomic E-state index is 0.228. The van der Waals surface area contributed by atoms with Crippen LogP contribution < -0.4 is 4.74 Å². The molecule has 1 N–H and O–H groups in total. The molecule has 0 amide bonds. The molecule has 4 heteroatoms. The summed E-state index contributed by atoms with van der Waals surface area (Å²) in [6.07, 6.45) is 1.64. The van der Waals surface area contributed by atoms with Crippen LogP contribution >= 0.6 is 0 Å². The van der Waals surface area contributed by atoms with Gasteiger partial charge in [0.05, 0.1) is 25.5 Å². The molecule has 17 heavy (non-hydrogen) atoms. The molecule has 1 unspecified atom stereocenters. The number of ether oxygens (including phenoxy) is 1. The van der Waals surface area contributed by atoms with Gasteiger partial charge in [-0.2, -0.15) is 5.26 Å². The van der Waals surface area contributed by atoms with Crippen molar-refractivity contribution in [1.82, 2.24) is 4.98 Å². The molecule has 0 aliphatic heterocycles. The highest BCUT2D eigenvalue weighted by molar-refractivity contribution is 5.86. The van der Waals surface area contributed by atoms with E-state index in [1.165, 1.54) is 0 Å². The van der Waals surface area contributed by atoms with E-state index in [1.54, 1.807) is 13.3 Å². The molecule has 1 aromatic heterocycles. The second kappa shape index (κ2) is 4.81. The van der Waals surface area contributed by atoms with Crippen molar-refractivity contribution in [1.29, 1.82) is 5.26 Å². The Labute approximate surface area is 99.1 Å². The summed E-state index contributed by atoms with van der Waals surface area (Å²) in [6.45, 7) is -0.228. The number of fused-ring (bicyclic) bond motifs is 1. The second-order valence-corrected chi connectivity index (χ2v) is 3.65. The smallest absolute Gasteiger partial charge is 0.119 e. The fraction of sp³-hybridized carbons (Fsp3) is 0.231. The van der Waals surface area contributed by atoms with Crippen molar-refractivity contribution in [3.8, 4) is 11.8 Å². The minimum atomic E-state index is -0.591. The molecule has 0 saturated heterocycles. The van der Waals surface area contributed by atoms with Crippen LogP contribution in [0.4, 0.5) is 0 Å². The lowest BCUT2D eigenvalue weighted by atomic mass is 10.0. The van der Waals surface area contributed by atoms with Crippen molar-refractivity contribution in [3.63, 3.8) is 0 Å². The van der Waals surface area contributed by atoms with Crippen LogP contribution in [0.2, 0.25) is 0 Å². The third-order valence-corrected chi connectivity index (χ3v) is 2.67. The highest BCUT2D eigenvalue weighted by Gasteiger charge is 2.14. The zero-order valence-electron chi connectivity index (χ0n) is 9.42. The first kappa shape index (κ1) is 11.4. The van der Waals surface area contributed by atoms with Crippen molar-refractivity contribution in [2.24, 2.45) is 0 Å². The number of aromatic nitrogens is 1. The summed E-state index contributed by atoms with van der Waals surface area (Å²) in [6, 6.07) is 9.46. The molecule has 4 nitrogen and oxygen atoms in total. The van der Waals surface area contributed by atoms with Gasteiger partial charge in [-0.3, -0.25) is 4.98 Å². The molecule has 0 bridgehead atoms. The van der Waals surface area contributed by atoms with E-state index in [0.29, 0.717) is 5.69 Å². The summed E-state index contributed by atoms with van der Waals surface area (Å²) < 4.78 is 5.14. The summed E-state index contributed by atoms with van der Waals surface area (Å²) in [4.78, 5) is 4.18. The third-order valence-electron chi connectivity index (χ3n) is 2.67. The Hall–Kier alpha value is -2.12. The molecular weight excluding hydrogens is 216 g/mol. The van der Waals surface area contributed by atoms with E-state index in [9.17, 15) is 0 Å². The zero-order valence-corrected chi connectivity index (χ0v) is 9.42. The van der Waals surface area contributed by atoms with Gasteiger partial charge >= 0.3 is 0 Å². The van der Waals surface area contributed by atoms with E-state index in [2.05, 4.69) is 4.98 Å². The summed E-state index contributed by atoms with van der Waals surface area (Å²) in [5.41, 5.74) is 0.607. The van der Waals surface area contributed by atoms with E-state index < -0.39 is 5.92 Å². The largest absolute Gasteiger partial charge is 0.497 e. The number of pyridine rings is 1. The van der Waals surface area contributed by atoms with Gasteiger partial charge in [-0.1, -0.05) is 0 Å². The maximum Gasteiger partial charge on any atom is 0.119 e. The molecule has 0 spiro atoms. The predicted molar refractivity (Wildman–Crippen MR) is 63.7 cm³/mol. The summed E-state index contributed by atoms with van der Waals surface area (Å²) in [5.74, 6) is 0.166. The van der Waals surface area contributed by atoms with E-state index in [0.717, 1.165) is 16.5 Å². The van der Waals surface area contributed by atoms with E-state index >= 15 is 0 Å². The molecule has 0 fully saturated rings. The molecule has 0 saturated carbocycles. The van der Waals surface area contributed by atoms with Gasteiger partial charge in [0.1, 0.15) is 11.7 Å². The van der Waals surface area contributed by atoms with Crippen molar-refractivity contribution in [3.05, 3.63) is 36.2 Å². The molecule has 2 rings (SSSR count). The van der Waals surface area contributed by atoms with Gasteiger partial charge < -0.3 is 9.84 Å². The normalized spacial score (nSPS) is 12.1. The Kier molecular flexibility index (Phi) is 3.22. The molecule has 0 radical (unpaired) electrons. The van der Waals surface area contributed by atoms with Gasteiger partial charge in [0.25, 0.3) is 0 Å². The first-order valence-corrected chi connectivity index (χ1v) is 5.23. The Bertz CT molecular complexity index is 575. The van der Waals surface area contributed by atoms with Gasteiger partial charge in [-0.15, -0.1) is 0 Å². The number of hydrogen-bond acceptors (Lipinski definition) is 4. The minimum Gasteiger partial charge on any atom is -0.497 e. The van der Waals surface area contributed by atoms with Gasteiger partial charge in [0.15, 0.2) is 0 Å². The van der Waals surface area contributed by atoms with Crippen LogP contribution in [0.1, 0.15) is 11.6 Å². The van der Waals surface area contributed by atoms with E-state index in [1.807, 2.05) is 30.3 Å². The molecule has 2 aromatic rings. The van der Waals surface area contributed by atoms with Crippen LogP contribution in [0.15, 0.2) is 30.5 Å². The van der Waals surface area contributed by atoms with Crippen molar-refractivity contribution in [2.45, 2.75) is 5.92 Å². The Morgan fingerprint density at radius 2 is 2.29 bits per heavy atom. The number of benzene rings is 1. The predicted octanol–water partition coefficient (Wildman–Crippen LogP) is 1.84. The maximum atomic E-state index is 9.15. The van der Waals surface area contributed by atoms with Crippen LogP contribution in [0.3, 0.4) is 0 Å². The van der Waals surface area contributed by atoms with Crippen molar-refractivity contribution >= 4 is 10.8 Å². The fourth-order valence-electron chi connectivity index (χ4n) is 1.77. The van der Waals surface area contributed by atoms with Gasteiger partial charge in [0.2, 0.25) is 0 Å². The Balaban J connectivity index is 2.62. The van der Waals surface area contributed by atoms with Crippen LogP contribution in [-0.4, -0.2) is 23.8 Å². The van der Waals surface area contributed by atoms with Crippen LogP contribution in [0.5, 0.6) is 5.75 Å². The average Bonchev–Trinajstić information content (AvgIpc) is 2.39. The summed E-state index contributed by atoms with van der Waals surface area (Å²) in [5, 5.41) is 19.9. The molecule has 1 heterocycles. The first-order chi connectivity index (χ1) is 8.30. The monoisotopic (exact) mass is 228 g/mol. The lowest BCUT2D eigenvalue weighted by molar-refractivity contribution is 0.285. The highest BCUT2D eigenvalue weighted by atomic mass is 16.5. The Morgan fingerprint density at radius 3 is 2.94 bits per heavy atom. The third kappa shape index (κ3) is 2.05. The first-order valence-electron chi connectivity index (χ1n) is 5.23. The Morgan fingerprint density at radius 1 is 1.47 bits per heavy atom. The number of aliphatic hydroxyl groups is 1. The topological polar surface area (TPSA) is 66.1 Å². The second-order valence-electron chi connectivity index (χ2n) is 3.65. The molecule has 86 valence electrons. The standard InChI is InChI=1S/C13H12N2O2/c1-17-11-2-3-12-9(6-11)4-5-15-13(12)10(7-14)8-16/h2-6,10,16H,8H2,1H3. The number of hydrogen-bond donors (Lipinski definition) is 1. The van der Waals surface area contributed by atoms with Crippen molar-refractivity contribution < 1.29 is 9.84 Å². The molecule has 0 aliphatic rings. The van der Waals surface area contributed by atoms with Crippen LogP contribution in [0.25, 0.3) is 10.8 Å². The van der Waals surface area contributed by atoms with Crippen LogP contribution in [0, 0.1) is 11.3 Å². The number of aliphatic hydroxyl groups excluding tert-OH is 1. The van der Waals surface area contributed by atoms with Gasteiger partial charge in [-0.05, 0) is 29.7 Å². The quantitative estimate of drug-likeness (QED) is 0.870. The number of nitrogens with zero attached hydrogens (tertiary/aromatic N) is 2. The highest BCUT2D eigenvalue weighted by Crippen LogP contribution is 2.26. The number of rotatable bonds is 3. The van der Waals surface area contributed by atoms with Crippen molar-refractivity contribution in [2.75, 3.05) is 13.7 Å². The molecular formula is C13H12N2O2. The molecule has 1 atom stereocenters. The van der Waals surface area contributed by atoms with Gasteiger partial charge in [-0.25, -0.2) is 0 Å². The lowest BCUT2D eigenvalue weighted by Gasteiger charge is -2.09. The zero-order chi connectivity index (χ0) is 12.3. The average molecular weight is 228 g/mol. The van der Waals surface area contributed by atoms with E-state index in [-0.39, 0.29) is 6.61 Å². The lowest BCUT2D eigenvalue weighted by Crippen LogP contribution is -2.04. The SMILES string of the molecule is COc1ccc2c(C(C#N)CO)nccc2c1. The summed E-state index contributed by atoms with van der Waals surface area (Å²) in [7, 11) is 1.61. The fourth-order valence-corrected chi connectivity index (χ4v) is 1.77. The number of nitriles is 1. The number of methoxy groups -OCH3 is 1. The van der Waals surface area contributed by atoms with Gasteiger partial charge in [0, 0.05) is 11.6 Å². The van der Waals surface area contributed by atoms with Crippen LogP contribution in [-0.2, 0) is 0 Å². The molecule has 0 aliphatic carbocycles.